The third kappa shape index (κ3) is 1.97. The van der Waals surface area contributed by atoms with Gasteiger partial charge in [-0.05, 0) is 13.8 Å². The molecule has 1 rings (SSSR count). The van der Waals surface area contributed by atoms with Crippen LogP contribution >= 0.6 is 11.5 Å². The van der Waals surface area contributed by atoms with Gasteiger partial charge >= 0.3 is 0 Å². The Morgan fingerprint density at radius 3 is 2.89 bits per heavy atom. The first-order valence-electron chi connectivity index (χ1n) is 2.82. The SMILES string of the molecule is CC(C)Nc1ncns1. The average molecular weight is 143 g/mol. The van der Waals surface area contributed by atoms with E-state index in [0.717, 1.165) is 5.13 Å². The highest BCUT2D eigenvalue weighted by molar-refractivity contribution is 7.09. The van der Waals surface area contributed by atoms with Crippen LogP contribution < -0.4 is 5.32 Å². The van der Waals surface area contributed by atoms with Crippen LogP contribution in [0.15, 0.2) is 6.33 Å². The number of nitrogens with zero attached hydrogens (tertiary/aromatic N) is 2. The summed E-state index contributed by atoms with van der Waals surface area (Å²) in [6, 6.07) is 0.443. The lowest BCUT2D eigenvalue weighted by Gasteiger charge is -2.02. The van der Waals surface area contributed by atoms with Crippen molar-refractivity contribution < 1.29 is 0 Å². The number of hydrogen-bond donors (Lipinski definition) is 1. The Labute approximate surface area is 58.3 Å². The number of nitrogens with one attached hydrogen (secondary N) is 1. The first kappa shape index (κ1) is 6.48. The van der Waals surface area contributed by atoms with Crippen LogP contribution in [0, 0.1) is 0 Å². The van der Waals surface area contributed by atoms with Gasteiger partial charge in [0.15, 0.2) is 0 Å². The molecular formula is C5H9N3S. The second-order valence-electron chi connectivity index (χ2n) is 2.05. The van der Waals surface area contributed by atoms with Gasteiger partial charge in [-0.2, -0.15) is 4.37 Å². The topological polar surface area (TPSA) is 37.8 Å². The highest BCUT2D eigenvalue weighted by Gasteiger charge is 1.95. The van der Waals surface area contributed by atoms with E-state index in [1.807, 2.05) is 0 Å². The molecule has 0 atom stereocenters. The molecule has 4 heteroatoms. The van der Waals surface area contributed by atoms with Crippen molar-refractivity contribution in [3.63, 3.8) is 0 Å². The molecule has 0 unspecified atom stereocenters. The van der Waals surface area contributed by atoms with Crippen molar-refractivity contribution in [1.82, 2.24) is 9.36 Å². The van der Waals surface area contributed by atoms with Crippen LogP contribution in [0.5, 0.6) is 0 Å². The van der Waals surface area contributed by atoms with Crippen molar-refractivity contribution in [2.45, 2.75) is 19.9 Å². The molecule has 50 valence electrons. The molecule has 3 nitrogen and oxygen atoms in total. The Kier molecular flexibility index (Phi) is 2.00. The van der Waals surface area contributed by atoms with E-state index in [1.165, 1.54) is 11.5 Å². The second-order valence-corrected chi connectivity index (χ2v) is 2.83. The monoisotopic (exact) mass is 143 g/mol. The van der Waals surface area contributed by atoms with E-state index in [2.05, 4.69) is 28.5 Å². The van der Waals surface area contributed by atoms with Gasteiger partial charge in [0.05, 0.1) is 0 Å². The highest BCUT2D eigenvalue weighted by atomic mass is 32.1. The van der Waals surface area contributed by atoms with Crippen molar-refractivity contribution in [3.05, 3.63) is 6.33 Å². The van der Waals surface area contributed by atoms with Crippen LogP contribution in [0.3, 0.4) is 0 Å². The minimum atomic E-state index is 0.443. The number of anilines is 1. The number of aromatic nitrogens is 2. The number of rotatable bonds is 2. The molecular weight excluding hydrogens is 134 g/mol. The summed E-state index contributed by atoms with van der Waals surface area (Å²) in [5.74, 6) is 0. The smallest absolute Gasteiger partial charge is 0.202 e. The van der Waals surface area contributed by atoms with Crippen molar-refractivity contribution in [1.29, 1.82) is 0 Å². The van der Waals surface area contributed by atoms with Gasteiger partial charge in [-0.3, -0.25) is 0 Å². The standard InChI is InChI=1S/C5H9N3S/c1-4(2)8-5-6-3-7-9-5/h3-4H,1-2H3,(H,6,7,8). The minimum absolute atomic E-state index is 0.443. The van der Waals surface area contributed by atoms with Gasteiger partial charge < -0.3 is 5.32 Å². The normalized spacial score (nSPS) is 10.1. The molecule has 1 aromatic heterocycles. The van der Waals surface area contributed by atoms with E-state index >= 15 is 0 Å². The molecule has 1 aromatic rings. The van der Waals surface area contributed by atoms with Crippen molar-refractivity contribution in [2.75, 3.05) is 5.32 Å². The summed E-state index contributed by atoms with van der Waals surface area (Å²) in [5, 5.41) is 4.02. The second kappa shape index (κ2) is 2.77. The van der Waals surface area contributed by atoms with E-state index in [4.69, 9.17) is 0 Å². The van der Waals surface area contributed by atoms with Crippen molar-refractivity contribution in [2.24, 2.45) is 0 Å². The van der Waals surface area contributed by atoms with Crippen LogP contribution in [-0.2, 0) is 0 Å². The molecule has 0 spiro atoms. The van der Waals surface area contributed by atoms with Gasteiger partial charge in [-0.1, -0.05) is 0 Å². The summed E-state index contributed by atoms with van der Waals surface area (Å²) < 4.78 is 3.84. The molecule has 0 saturated heterocycles. The molecule has 0 saturated carbocycles. The third-order valence-electron chi connectivity index (χ3n) is 0.773. The maximum atomic E-state index is 3.95. The molecule has 0 amide bonds. The fourth-order valence-corrected chi connectivity index (χ4v) is 1.06. The lowest BCUT2D eigenvalue weighted by atomic mass is 10.4. The molecule has 1 heterocycles. The van der Waals surface area contributed by atoms with E-state index in [1.54, 1.807) is 6.33 Å². The molecule has 0 aliphatic rings. The summed E-state index contributed by atoms with van der Waals surface area (Å²) >= 11 is 1.38. The van der Waals surface area contributed by atoms with Crippen LogP contribution in [0.1, 0.15) is 13.8 Å². The lowest BCUT2D eigenvalue weighted by molar-refractivity contribution is 0.896. The van der Waals surface area contributed by atoms with Crippen LogP contribution in [-0.4, -0.2) is 15.4 Å². The van der Waals surface area contributed by atoms with Crippen LogP contribution in [0.2, 0.25) is 0 Å². The Balaban J connectivity index is 2.48. The van der Waals surface area contributed by atoms with Gasteiger partial charge in [-0.25, -0.2) is 4.98 Å². The first-order chi connectivity index (χ1) is 4.29. The minimum Gasteiger partial charge on any atom is -0.358 e. The van der Waals surface area contributed by atoms with Crippen molar-refractivity contribution in [3.8, 4) is 0 Å². The Hall–Kier alpha value is -0.640. The highest BCUT2D eigenvalue weighted by Crippen LogP contribution is 2.07. The quantitative estimate of drug-likeness (QED) is 0.679. The van der Waals surface area contributed by atoms with E-state index in [-0.39, 0.29) is 0 Å². The molecule has 0 fully saturated rings. The maximum Gasteiger partial charge on any atom is 0.202 e. The summed E-state index contributed by atoms with van der Waals surface area (Å²) in [7, 11) is 0. The molecule has 0 radical (unpaired) electrons. The number of hydrogen-bond acceptors (Lipinski definition) is 4. The predicted octanol–water partition coefficient (Wildman–Crippen LogP) is 1.36. The zero-order valence-electron chi connectivity index (χ0n) is 5.46. The summed E-state index contributed by atoms with van der Waals surface area (Å²) in [5.41, 5.74) is 0. The molecule has 1 N–H and O–H groups in total. The maximum absolute atomic E-state index is 3.95. The van der Waals surface area contributed by atoms with Crippen molar-refractivity contribution >= 4 is 16.7 Å². The molecule has 0 bridgehead atoms. The Morgan fingerprint density at radius 1 is 1.67 bits per heavy atom. The van der Waals surface area contributed by atoms with Crippen LogP contribution in [0.25, 0.3) is 0 Å². The van der Waals surface area contributed by atoms with E-state index < -0.39 is 0 Å². The zero-order valence-corrected chi connectivity index (χ0v) is 6.27. The Morgan fingerprint density at radius 2 is 2.44 bits per heavy atom. The lowest BCUT2D eigenvalue weighted by Crippen LogP contribution is -2.08. The zero-order chi connectivity index (χ0) is 6.69. The molecule has 0 aliphatic heterocycles. The molecule has 9 heavy (non-hydrogen) atoms. The van der Waals surface area contributed by atoms with Crippen LogP contribution in [0.4, 0.5) is 5.13 Å². The van der Waals surface area contributed by atoms with E-state index in [9.17, 15) is 0 Å². The van der Waals surface area contributed by atoms with Gasteiger partial charge in [0.25, 0.3) is 0 Å². The average Bonchev–Trinajstić information content (AvgIpc) is 2.15. The van der Waals surface area contributed by atoms with Gasteiger partial charge in [-0.15, -0.1) is 0 Å². The third-order valence-corrected chi connectivity index (χ3v) is 1.37. The predicted molar refractivity (Wildman–Crippen MR) is 38.7 cm³/mol. The fraction of sp³-hybridized carbons (Fsp3) is 0.600. The fourth-order valence-electron chi connectivity index (χ4n) is 0.484. The largest absolute Gasteiger partial charge is 0.358 e. The molecule has 0 aromatic carbocycles. The van der Waals surface area contributed by atoms with Gasteiger partial charge in [0.1, 0.15) is 6.33 Å². The van der Waals surface area contributed by atoms with Gasteiger partial charge in [0, 0.05) is 17.6 Å². The van der Waals surface area contributed by atoms with Gasteiger partial charge in [0.2, 0.25) is 5.13 Å². The summed E-state index contributed by atoms with van der Waals surface area (Å²) in [6.45, 7) is 4.14. The summed E-state index contributed by atoms with van der Waals surface area (Å²) in [6.07, 6.45) is 1.55. The van der Waals surface area contributed by atoms with E-state index in [0.29, 0.717) is 6.04 Å². The molecule has 0 aliphatic carbocycles. The summed E-state index contributed by atoms with van der Waals surface area (Å²) in [4.78, 5) is 3.95. The first-order valence-corrected chi connectivity index (χ1v) is 3.59. The Bertz CT molecular complexity index is 159.